The van der Waals surface area contributed by atoms with E-state index < -0.39 is 33.0 Å². The molecule has 3 aromatic heterocycles. The summed E-state index contributed by atoms with van der Waals surface area (Å²) in [5, 5.41) is 10.3. The van der Waals surface area contributed by atoms with Gasteiger partial charge in [-0.1, -0.05) is 0 Å². The zero-order chi connectivity index (χ0) is 27.1. The minimum absolute atomic E-state index is 0.0467. The van der Waals surface area contributed by atoms with Gasteiger partial charge in [0.1, 0.15) is 34.4 Å². The van der Waals surface area contributed by atoms with Gasteiger partial charge in [-0.05, 0) is 49.7 Å². The standard InChI is InChI=1S/C24H19F4N5O3S/c1-13-8-21-17(10-19(13)25)18(11-29)23(33(21)22-9-15(36-3)6-7-30-22)20-5-4-16(12-31-20)37(34,35)32-14(2)24(26,27)28/h4-10,12,14,32H,1-3H3. The molecule has 1 unspecified atom stereocenters. The Bertz CT molecular complexity index is 1640. The van der Waals surface area contributed by atoms with Crippen LogP contribution in [0.2, 0.25) is 0 Å². The molecule has 4 aromatic rings. The molecule has 3 heterocycles. The van der Waals surface area contributed by atoms with E-state index in [0.717, 1.165) is 12.3 Å². The summed E-state index contributed by atoms with van der Waals surface area (Å²) in [5.41, 5.74) is 1.09. The summed E-state index contributed by atoms with van der Waals surface area (Å²) in [4.78, 5) is 7.98. The number of rotatable bonds is 6. The fourth-order valence-corrected chi connectivity index (χ4v) is 4.87. The van der Waals surface area contributed by atoms with Crippen LogP contribution in [-0.4, -0.2) is 42.3 Å². The van der Waals surface area contributed by atoms with Crippen molar-refractivity contribution in [2.75, 3.05) is 7.11 Å². The molecule has 4 rings (SSSR count). The van der Waals surface area contributed by atoms with E-state index >= 15 is 0 Å². The molecule has 0 amide bonds. The number of nitrogens with one attached hydrogen (secondary N) is 1. The first-order valence-corrected chi connectivity index (χ1v) is 12.2. The molecule has 0 fully saturated rings. The number of hydrogen-bond acceptors (Lipinski definition) is 6. The molecule has 0 aliphatic rings. The molecule has 13 heteroatoms. The fraction of sp³-hybridized carbons (Fsp3) is 0.208. The Balaban J connectivity index is 1.93. The summed E-state index contributed by atoms with van der Waals surface area (Å²) in [6, 6.07) is 8.00. The molecule has 0 bridgehead atoms. The number of hydrogen-bond donors (Lipinski definition) is 1. The number of benzene rings is 1. The lowest BCUT2D eigenvalue weighted by Gasteiger charge is -2.17. The van der Waals surface area contributed by atoms with Gasteiger partial charge in [0.05, 0.1) is 29.6 Å². The van der Waals surface area contributed by atoms with Gasteiger partial charge in [-0.2, -0.15) is 23.2 Å². The van der Waals surface area contributed by atoms with Crippen LogP contribution in [0, 0.1) is 24.1 Å². The average molecular weight is 534 g/mol. The van der Waals surface area contributed by atoms with Crippen molar-refractivity contribution < 1.29 is 30.7 Å². The molecule has 8 nitrogen and oxygen atoms in total. The predicted molar refractivity (Wildman–Crippen MR) is 126 cm³/mol. The lowest BCUT2D eigenvalue weighted by molar-refractivity contribution is -0.147. The van der Waals surface area contributed by atoms with Crippen LogP contribution in [0.4, 0.5) is 17.6 Å². The van der Waals surface area contributed by atoms with Gasteiger partial charge in [-0.15, -0.1) is 0 Å². The Morgan fingerprint density at radius 1 is 1.16 bits per heavy atom. The molecular formula is C24H19F4N5O3S. The highest BCUT2D eigenvalue weighted by molar-refractivity contribution is 7.89. The van der Waals surface area contributed by atoms with Gasteiger partial charge in [-0.3, -0.25) is 9.55 Å². The molecule has 0 spiro atoms. The van der Waals surface area contributed by atoms with Gasteiger partial charge < -0.3 is 4.74 Å². The Kier molecular flexibility index (Phi) is 6.66. The van der Waals surface area contributed by atoms with Crippen LogP contribution in [-0.2, 0) is 10.0 Å². The number of nitrogens with zero attached hydrogens (tertiary/aromatic N) is 4. The number of nitriles is 1. The minimum atomic E-state index is -4.78. The number of aryl methyl sites for hydroxylation is 1. The predicted octanol–water partition coefficient (Wildman–Crippen LogP) is 4.64. The molecule has 37 heavy (non-hydrogen) atoms. The number of fused-ring (bicyclic) bond motifs is 1. The molecule has 0 radical (unpaired) electrons. The summed E-state index contributed by atoms with van der Waals surface area (Å²) in [6.07, 6.45) is -2.42. The van der Waals surface area contributed by atoms with Crippen LogP contribution >= 0.6 is 0 Å². The number of methoxy groups -OCH3 is 1. The van der Waals surface area contributed by atoms with E-state index in [1.54, 1.807) is 28.3 Å². The largest absolute Gasteiger partial charge is 0.497 e. The molecule has 0 aliphatic heterocycles. The Hall–Kier alpha value is -4.02. The molecule has 1 N–H and O–H groups in total. The van der Waals surface area contributed by atoms with Crippen molar-refractivity contribution in [1.82, 2.24) is 19.3 Å². The second-order valence-corrected chi connectivity index (χ2v) is 9.82. The molecule has 0 aliphatic carbocycles. The maximum Gasteiger partial charge on any atom is 0.404 e. The van der Waals surface area contributed by atoms with Crippen molar-refractivity contribution in [3.63, 3.8) is 0 Å². The molecule has 0 saturated carbocycles. The highest BCUT2D eigenvalue weighted by Crippen LogP contribution is 2.37. The number of aromatic nitrogens is 3. The van der Waals surface area contributed by atoms with Gasteiger partial charge in [0.2, 0.25) is 10.0 Å². The minimum Gasteiger partial charge on any atom is -0.497 e. The summed E-state index contributed by atoms with van der Waals surface area (Å²) < 4.78 is 86.4. The summed E-state index contributed by atoms with van der Waals surface area (Å²) in [7, 11) is -3.09. The Morgan fingerprint density at radius 3 is 2.49 bits per heavy atom. The van der Waals surface area contributed by atoms with Gasteiger partial charge in [0, 0.05) is 23.8 Å². The molecule has 1 aromatic carbocycles. The van der Waals surface area contributed by atoms with E-state index in [1.165, 1.54) is 31.5 Å². The van der Waals surface area contributed by atoms with Gasteiger partial charge >= 0.3 is 6.18 Å². The average Bonchev–Trinajstić information content (AvgIpc) is 3.16. The lowest BCUT2D eigenvalue weighted by Crippen LogP contribution is -2.42. The normalized spacial score (nSPS) is 12.9. The van der Waals surface area contributed by atoms with Crippen LogP contribution in [0.3, 0.4) is 0 Å². The van der Waals surface area contributed by atoms with Gasteiger partial charge in [0.25, 0.3) is 0 Å². The third-order valence-corrected chi connectivity index (χ3v) is 7.18. The summed E-state index contributed by atoms with van der Waals surface area (Å²) in [6.45, 7) is 2.24. The molecule has 1 atom stereocenters. The van der Waals surface area contributed by atoms with E-state index in [1.807, 2.05) is 6.07 Å². The Labute approximate surface area is 209 Å². The van der Waals surface area contributed by atoms with E-state index in [4.69, 9.17) is 4.74 Å². The van der Waals surface area contributed by atoms with Gasteiger partial charge in [0.15, 0.2) is 0 Å². The lowest BCUT2D eigenvalue weighted by atomic mass is 10.1. The number of ether oxygens (including phenoxy) is 1. The van der Waals surface area contributed by atoms with Crippen LogP contribution in [0.25, 0.3) is 28.1 Å². The third kappa shape index (κ3) is 4.85. The monoisotopic (exact) mass is 533 g/mol. The maximum absolute atomic E-state index is 14.5. The number of sulfonamides is 1. The SMILES string of the molecule is COc1ccnc(-n2c(-c3ccc(S(=O)(=O)NC(C)C(F)(F)F)cn3)c(C#N)c3cc(F)c(C)cc32)c1. The maximum atomic E-state index is 14.5. The van der Waals surface area contributed by atoms with E-state index in [9.17, 15) is 31.2 Å². The first-order chi connectivity index (χ1) is 17.4. The Morgan fingerprint density at radius 2 is 1.89 bits per heavy atom. The highest BCUT2D eigenvalue weighted by Gasteiger charge is 2.39. The van der Waals surface area contributed by atoms with Crippen molar-refractivity contribution in [2.45, 2.75) is 31.0 Å². The smallest absolute Gasteiger partial charge is 0.404 e. The molecule has 0 saturated heterocycles. The first kappa shape index (κ1) is 26.1. The fourth-order valence-electron chi connectivity index (χ4n) is 3.70. The van der Waals surface area contributed by atoms with Crippen LogP contribution in [0.1, 0.15) is 18.1 Å². The number of halogens is 4. The van der Waals surface area contributed by atoms with E-state index in [-0.39, 0.29) is 22.3 Å². The first-order valence-electron chi connectivity index (χ1n) is 10.7. The van der Waals surface area contributed by atoms with E-state index in [0.29, 0.717) is 29.6 Å². The van der Waals surface area contributed by atoms with Crippen molar-refractivity contribution in [3.8, 4) is 29.0 Å². The zero-order valence-electron chi connectivity index (χ0n) is 19.6. The van der Waals surface area contributed by atoms with Gasteiger partial charge in [-0.25, -0.2) is 17.8 Å². The van der Waals surface area contributed by atoms with Crippen molar-refractivity contribution >= 4 is 20.9 Å². The molecular weight excluding hydrogens is 514 g/mol. The summed E-state index contributed by atoms with van der Waals surface area (Å²) in [5.74, 6) is 0.228. The van der Waals surface area contributed by atoms with Crippen molar-refractivity contribution in [3.05, 3.63) is 65.7 Å². The van der Waals surface area contributed by atoms with E-state index in [2.05, 4.69) is 9.97 Å². The highest BCUT2D eigenvalue weighted by atomic mass is 32.2. The second kappa shape index (κ2) is 9.45. The van der Waals surface area contributed by atoms with Crippen molar-refractivity contribution in [2.24, 2.45) is 0 Å². The number of pyridine rings is 2. The summed E-state index contributed by atoms with van der Waals surface area (Å²) >= 11 is 0. The second-order valence-electron chi connectivity index (χ2n) is 8.11. The topological polar surface area (TPSA) is 110 Å². The number of alkyl halides is 3. The van der Waals surface area contributed by atoms with Crippen LogP contribution < -0.4 is 9.46 Å². The van der Waals surface area contributed by atoms with Crippen LogP contribution in [0.5, 0.6) is 5.75 Å². The van der Waals surface area contributed by atoms with Crippen molar-refractivity contribution in [1.29, 1.82) is 5.26 Å². The quantitative estimate of drug-likeness (QED) is 0.362. The van der Waals surface area contributed by atoms with Crippen LogP contribution in [0.15, 0.2) is 53.7 Å². The molecule has 192 valence electrons. The third-order valence-electron chi connectivity index (χ3n) is 5.65. The zero-order valence-corrected chi connectivity index (χ0v) is 20.4.